The predicted octanol–water partition coefficient (Wildman–Crippen LogP) is 5.12. The lowest BCUT2D eigenvalue weighted by atomic mass is 9.83. The van der Waals surface area contributed by atoms with Crippen LogP contribution in [-0.4, -0.2) is 42.0 Å². The normalized spacial score (nSPS) is 35.2. The van der Waals surface area contributed by atoms with Gasteiger partial charge in [0.25, 0.3) is 0 Å². The van der Waals surface area contributed by atoms with E-state index in [1.807, 2.05) is 19.1 Å². The number of rotatable bonds is 8. The molecule has 2 fully saturated rings. The van der Waals surface area contributed by atoms with Crippen molar-refractivity contribution >= 4 is 23.7 Å². The quantitative estimate of drug-likeness (QED) is 0.197. The Bertz CT molecular complexity index is 930. The molecule has 7 heteroatoms. The molecule has 36 heavy (non-hydrogen) atoms. The van der Waals surface area contributed by atoms with Gasteiger partial charge in [0.05, 0.1) is 5.92 Å². The van der Waals surface area contributed by atoms with Crippen molar-refractivity contribution in [1.82, 2.24) is 0 Å². The second kappa shape index (κ2) is 11.3. The topological polar surface area (TPSA) is 96.0 Å². The fourth-order valence-electron chi connectivity index (χ4n) is 6.23. The smallest absolute Gasteiger partial charge is 0.306 e. The number of hydrogen-bond acceptors (Lipinski definition) is 7. The first kappa shape index (κ1) is 28.1. The molecule has 0 unspecified atom stereocenters. The highest BCUT2D eigenvalue weighted by molar-refractivity contribution is 5.99. The van der Waals surface area contributed by atoms with E-state index in [0.717, 1.165) is 31.3 Å². The van der Waals surface area contributed by atoms with Crippen molar-refractivity contribution < 1.29 is 33.4 Å². The molecular formula is C29H42O7. The molecule has 0 radical (unpaired) electrons. The van der Waals surface area contributed by atoms with E-state index in [4.69, 9.17) is 14.2 Å². The van der Waals surface area contributed by atoms with Crippen LogP contribution in [0.3, 0.4) is 0 Å². The molecule has 3 aliphatic carbocycles. The van der Waals surface area contributed by atoms with Gasteiger partial charge in [-0.25, -0.2) is 0 Å². The number of ketones is 1. The van der Waals surface area contributed by atoms with E-state index < -0.39 is 29.6 Å². The van der Waals surface area contributed by atoms with Crippen molar-refractivity contribution in [2.45, 2.75) is 98.2 Å². The molecule has 2 saturated carbocycles. The summed E-state index contributed by atoms with van der Waals surface area (Å²) in [4.78, 5) is 50.4. The molecule has 0 aromatic carbocycles. The highest BCUT2D eigenvalue weighted by Crippen LogP contribution is 2.61. The van der Waals surface area contributed by atoms with Crippen LogP contribution in [0, 0.1) is 29.1 Å². The average Bonchev–Trinajstić information content (AvgIpc) is 3.21. The Morgan fingerprint density at radius 1 is 1.08 bits per heavy atom. The second-order valence-electron chi connectivity index (χ2n) is 11.4. The van der Waals surface area contributed by atoms with E-state index in [-0.39, 0.29) is 42.0 Å². The molecule has 0 spiro atoms. The van der Waals surface area contributed by atoms with Crippen LogP contribution in [0.2, 0.25) is 0 Å². The van der Waals surface area contributed by atoms with Gasteiger partial charge in [-0.1, -0.05) is 52.7 Å². The monoisotopic (exact) mass is 502 g/mol. The molecule has 3 rings (SSSR count). The van der Waals surface area contributed by atoms with Crippen LogP contribution in [0.1, 0.15) is 86.5 Å². The second-order valence-corrected chi connectivity index (χ2v) is 11.4. The molecule has 200 valence electrons. The summed E-state index contributed by atoms with van der Waals surface area (Å²) in [6.45, 7) is 11.1. The molecule has 6 atom stereocenters. The summed E-state index contributed by atoms with van der Waals surface area (Å²) in [5.41, 5.74) is -0.559. The van der Waals surface area contributed by atoms with Gasteiger partial charge in [-0.05, 0) is 54.1 Å². The van der Waals surface area contributed by atoms with Gasteiger partial charge in [-0.15, -0.1) is 0 Å². The maximum absolute atomic E-state index is 13.8. The molecule has 0 aliphatic heterocycles. The zero-order chi connectivity index (χ0) is 26.7. The Labute approximate surface area is 215 Å². The Balaban J connectivity index is 2.04. The first-order valence-electron chi connectivity index (χ1n) is 13.4. The van der Waals surface area contributed by atoms with E-state index in [1.54, 1.807) is 6.08 Å². The molecule has 7 nitrogen and oxygen atoms in total. The highest BCUT2D eigenvalue weighted by Gasteiger charge is 2.60. The lowest BCUT2D eigenvalue weighted by Gasteiger charge is -2.33. The van der Waals surface area contributed by atoms with Crippen LogP contribution in [-0.2, 0) is 33.4 Å². The van der Waals surface area contributed by atoms with Gasteiger partial charge in [0, 0.05) is 26.7 Å². The Morgan fingerprint density at radius 2 is 1.81 bits per heavy atom. The zero-order valence-corrected chi connectivity index (χ0v) is 22.6. The number of unbranched alkanes of at least 4 members (excludes halogenated alkanes) is 2. The number of carbonyl (C=O) groups is 4. The third kappa shape index (κ3) is 6.09. The summed E-state index contributed by atoms with van der Waals surface area (Å²) in [5, 5.41) is 0. The molecular weight excluding hydrogens is 460 g/mol. The number of carbonyl (C=O) groups excluding carboxylic acids is 4. The molecule has 0 heterocycles. The minimum absolute atomic E-state index is 0.0655. The van der Waals surface area contributed by atoms with Crippen LogP contribution in [0.4, 0.5) is 0 Å². The van der Waals surface area contributed by atoms with Gasteiger partial charge in [0.2, 0.25) is 0 Å². The summed E-state index contributed by atoms with van der Waals surface area (Å²) < 4.78 is 17.2. The maximum atomic E-state index is 13.8. The Kier molecular flexibility index (Phi) is 8.84. The molecule has 3 aliphatic rings. The largest absolute Gasteiger partial charge is 0.461 e. The summed E-state index contributed by atoms with van der Waals surface area (Å²) >= 11 is 0. The lowest BCUT2D eigenvalue weighted by Crippen LogP contribution is -2.47. The van der Waals surface area contributed by atoms with Crippen LogP contribution in [0.25, 0.3) is 0 Å². The van der Waals surface area contributed by atoms with E-state index in [1.165, 1.54) is 13.8 Å². The van der Waals surface area contributed by atoms with E-state index in [0.29, 0.717) is 18.8 Å². The fourth-order valence-corrected chi connectivity index (χ4v) is 6.23. The van der Waals surface area contributed by atoms with Gasteiger partial charge >= 0.3 is 17.9 Å². The highest BCUT2D eigenvalue weighted by atomic mass is 16.6. The van der Waals surface area contributed by atoms with E-state index in [9.17, 15) is 19.2 Å². The van der Waals surface area contributed by atoms with Crippen molar-refractivity contribution in [2.75, 3.05) is 6.61 Å². The van der Waals surface area contributed by atoms with Crippen LogP contribution in [0.5, 0.6) is 0 Å². The Morgan fingerprint density at radius 3 is 2.44 bits per heavy atom. The SMILES string of the molecule is CCCCCC(=O)O[C@H]1[C@@H](C)C[C@]2(OC(C)=O)C(=O)/C=C/[C@@H]3[C@H](CC/C(COC(C)=O)=C/[C@@H]12)C3(C)C. The van der Waals surface area contributed by atoms with Crippen molar-refractivity contribution in [1.29, 1.82) is 0 Å². The molecule has 0 aromatic rings. The standard InChI is InChI=1S/C29H42O7/c1-7-8-9-10-26(33)35-27-18(2)16-29(36-20(4)31)24(27)15-21(17-34-19(3)30)11-12-22-23(28(22,5)6)13-14-25(29)32/h13-15,18,22-24,27H,7-12,16-17H2,1-6H3/b14-13+,21-15-/t18-,22-,23+,24-,27-,29+/m0/s1. The van der Waals surface area contributed by atoms with E-state index >= 15 is 0 Å². The van der Waals surface area contributed by atoms with Crippen LogP contribution < -0.4 is 0 Å². The van der Waals surface area contributed by atoms with Crippen LogP contribution >= 0.6 is 0 Å². The van der Waals surface area contributed by atoms with Crippen molar-refractivity contribution in [2.24, 2.45) is 29.1 Å². The lowest BCUT2D eigenvalue weighted by molar-refractivity contribution is -0.169. The molecule has 0 amide bonds. The first-order valence-corrected chi connectivity index (χ1v) is 13.4. The zero-order valence-electron chi connectivity index (χ0n) is 22.6. The van der Waals surface area contributed by atoms with E-state index in [2.05, 4.69) is 20.8 Å². The first-order chi connectivity index (χ1) is 16.9. The predicted molar refractivity (Wildman–Crippen MR) is 135 cm³/mol. The summed E-state index contributed by atoms with van der Waals surface area (Å²) in [7, 11) is 0. The fraction of sp³-hybridized carbons (Fsp3) is 0.724. The van der Waals surface area contributed by atoms with Gasteiger partial charge in [0.15, 0.2) is 11.4 Å². The minimum Gasteiger partial charge on any atom is -0.461 e. The third-order valence-electron chi connectivity index (χ3n) is 8.32. The number of allylic oxidation sites excluding steroid dienone is 1. The average molecular weight is 503 g/mol. The minimum atomic E-state index is -1.48. The van der Waals surface area contributed by atoms with Gasteiger partial charge in [-0.2, -0.15) is 0 Å². The summed E-state index contributed by atoms with van der Waals surface area (Å²) in [5.74, 6) is -1.78. The van der Waals surface area contributed by atoms with Crippen molar-refractivity contribution in [3.05, 3.63) is 23.8 Å². The summed E-state index contributed by atoms with van der Waals surface area (Å²) in [6.07, 6.45) is 9.58. The summed E-state index contributed by atoms with van der Waals surface area (Å²) in [6, 6.07) is 0. The molecule has 0 saturated heterocycles. The van der Waals surface area contributed by atoms with Crippen molar-refractivity contribution in [3.63, 3.8) is 0 Å². The van der Waals surface area contributed by atoms with Gasteiger partial charge < -0.3 is 14.2 Å². The number of fused-ring (bicyclic) bond motifs is 2. The third-order valence-corrected chi connectivity index (χ3v) is 8.32. The van der Waals surface area contributed by atoms with Crippen molar-refractivity contribution in [3.8, 4) is 0 Å². The number of ether oxygens (including phenoxy) is 3. The van der Waals surface area contributed by atoms with Gasteiger partial charge in [0.1, 0.15) is 12.7 Å². The molecule has 0 N–H and O–H groups in total. The Hall–Kier alpha value is -2.44. The maximum Gasteiger partial charge on any atom is 0.306 e. The molecule has 0 aromatic heterocycles. The van der Waals surface area contributed by atoms with Gasteiger partial charge in [-0.3, -0.25) is 19.2 Å². The number of esters is 3. The molecule has 0 bridgehead atoms. The number of hydrogen-bond donors (Lipinski definition) is 0. The van der Waals surface area contributed by atoms with Crippen LogP contribution in [0.15, 0.2) is 23.8 Å².